The maximum Gasteiger partial charge on any atom is 0.330 e. The summed E-state index contributed by atoms with van der Waals surface area (Å²) in [6.07, 6.45) is 11.4. The smallest absolute Gasteiger partial charge is 0.330 e. The van der Waals surface area contributed by atoms with Crippen LogP contribution in [-0.2, 0) is 9.53 Å². The molecule has 0 radical (unpaired) electrons. The SMILES string of the molecule is COC(=O)C=CC=CC1(O)CCCCC1. The van der Waals surface area contributed by atoms with E-state index in [0.29, 0.717) is 0 Å². The van der Waals surface area contributed by atoms with Crippen molar-refractivity contribution in [2.24, 2.45) is 0 Å². The highest BCUT2D eigenvalue weighted by atomic mass is 16.5. The molecule has 1 saturated carbocycles. The van der Waals surface area contributed by atoms with Crippen LogP contribution in [0.4, 0.5) is 0 Å². The summed E-state index contributed by atoms with van der Waals surface area (Å²) in [5.74, 6) is -0.379. The third-order valence-electron chi connectivity index (χ3n) is 2.67. The first-order chi connectivity index (χ1) is 7.16. The highest BCUT2D eigenvalue weighted by Gasteiger charge is 2.25. The molecule has 1 rings (SSSR count). The summed E-state index contributed by atoms with van der Waals surface area (Å²) in [5.41, 5.74) is -0.668. The fraction of sp³-hybridized carbons (Fsp3) is 0.583. The molecule has 0 amide bonds. The van der Waals surface area contributed by atoms with Gasteiger partial charge in [0, 0.05) is 6.08 Å². The number of hydrogen-bond acceptors (Lipinski definition) is 3. The van der Waals surface area contributed by atoms with E-state index in [1.807, 2.05) is 0 Å². The van der Waals surface area contributed by atoms with Crippen LogP contribution < -0.4 is 0 Å². The Morgan fingerprint density at radius 1 is 1.27 bits per heavy atom. The zero-order chi connectivity index (χ0) is 11.1. The lowest BCUT2D eigenvalue weighted by Gasteiger charge is -2.28. The minimum Gasteiger partial charge on any atom is -0.466 e. The summed E-state index contributed by atoms with van der Waals surface area (Å²) in [5, 5.41) is 10.1. The lowest BCUT2D eigenvalue weighted by Crippen LogP contribution is -2.28. The Bertz CT molecular complexity index is 260. The molecule has 84 valence electrons. The van der Waals surface area contributed by atoms with Gasteiger partial charge in [-0.05, 0) is 12.8 Å². The van der Waals surface area contributed by atoms with E-state index in [-0.39, 0.29) is 5.97 Å². The summed E-state index contributed by atoms with van der Waals surface area (Å²) in [6.45, 7) is 0. The normalized spacial score (nSPS) is 20.9. The summed E-state index contributed by atoms with van der Waals surface area (Å²) < 4.78 is 4.45. The highest BCUT2D eigenvalue weighted by Crippen LogP contribution is 2.28. The number of ether oxygens (including phenoxy) is 1. The largest absolute Gasteiger partial charge is 0.466 e. The third kappa shape index (κ3) is 4.30. The zero-order valence-corrected chi connectivity index (χ0v) is 9.11. The van der Waals surface area contributed by atoms with Crippen molar-refractivity contribution in [2.45, 2.75) is 37.7 Å². The summed E-state index contributed by atoms with van der Waals surface area (Å²) >= 11 is 0. The van der Waals surface area contributed by atoms with E-state index in [1.54, 1.807) is 18.2 Å². The molecular formula is C12H18O3. The van der Waals surface area contributed by atoms with Crippen LogP contribution in [0.1, 0.15) is 32.1 Å². The Morgan fingerprint density at radius 2 is 1.93 bits per heavy atom. The molecule has 0 spiro atoms. The molecule has 0 unspecified atom stereocenters. The molecular weight excluding hydrogens is 192 g/mol. The second-order valence-corrected chi connectivity index (χ2v) is 3.91. The molecule has 1 fully saturated rings. The first kappa shape index (κ1) is 12.0. The van der Waals surface area contributed by atoms with Gasteiger partial charge in [0.1, 0.15) is 0 Å². The topological polar surface area (TPSA) is 46.5 Å². The molecule has 0 atom stereocenters. The Morgan fingerprint density at radius 3 is 2.53 bits per heavy atom. The average molecular weight is 210 g/mol. The Kier molecular flexibility index (Phi) is 4.56. The molecule has 3 heteroatoms. The number of hydrogen-bond donors (Lipinski definition) is 1. The van der Waals surface area contributed by atoms with Crippen LogP contribution in [0.25, 0.3) is 0 Å². The minimum absolute atomic E-state index is 0.379. The lowest BCUT2D eigenvalue weighted by atomic mass is 9.85. The number of esters is 1. The van der Waals surface area contributed by atoms with Crippen molar-refractivity contribution in [3.8, 4) is 0 Å². The quantitative estimate of drug-likeness (QED) is 0.440. The van der Waals surface area contributed by atoms with E-state index >= 15 is 0 Å². The van der Waals surface area contributed by atoms with E-state index in [9.17, 15) is 9.90 Å². The number of allylic oxidation sites excluding steroid dienone is 2. The fourth-order valence-corrected chi connectivity index (χ4v) is 1.77. The molecule has 0 bridgehead atoms. The fourth-order valence-electron chi connectivity index (χ4n) is 1.77. The third-order valence-corrected chi connectivity index (χ3v) is 2.67. The van der Waals surface area contributed by atoms with Gasteiger partial charge >= 0.3 is 5.97 Å². The van der Waals surface area contributed by atoms with E-state index in [4.69, 9.17) is 0 Å². The molecule has 0 aromatic heterocycles. The van der Waals surface area contributed by atoms with Gasteiger partial charge in [-0.2, -0.15) is 0 Å². The van der Waals surface area contributed by atoms with Crippen LogP contribution in [0, 0.1) is 0 Å². The number of aliphatic hydroxyl groups is 1. The molecule has 0 aromatic rings. The molecule has 15 heavy (non-hydrogen) atoms. The molecule has 0 saturated heterocycles. The Hall–Kier alpha value is -1.09. The second-order valence-electron chi connectivity index (χ2n) is 3.91. The van der Waals surface area contributed by atoms with Gasteiger partial charge in [-0.3, -0.25) is 0 Å². The first-order valence-electron chi connectivity index (χ1n) is 5.32. The predicted octanol–water partition coefficient (Wildman–Crippen LogP) is 1.97. The monoisotopic (exact) mass is 210 g/mol. The maximum atomic E-state index is 10.7. The van der Waals surface area contributed by atoms with Gasteiger partial charge in [0.15, 0.2) is 0 Å². The Balaban J connectivity index is 2.42. The van der Waals surface area contributed by atoms with Crippen LogP contribution in [-0.4, -0.2) is 23.8 Å². The highest BCUT2D eigenvalue weighted by molar-refractivity contribution is 5.82. The summed E-state index contributed by atoms with van der Waals surface area (Å²) in [6, 6.07) is 0. The summed E-state index contributed by atoms with van der Waals surface area (Å²) in [4.78, 5) is 10.7. The van der Waals surface area contributed by atoms with Gasteiger partial charge in [0.25, 0.3) is 0 Å². The van der Waals surface area contributed by atoms with Gasteiger partial charge in [-0.15, -0.1) is 0 Å². The molecule has 0 aromatic carbocycles. The van der Waals surface area contributed by atoms with Gasteiger partial charge in [-0.1, -0.05) is 37.5 Å². The van der Waals surface area contributed by atoms with E-state index in [0.717, 1.165) is 25.7 Å². The second kappa shape index (κ2) is 5.71. The maximum absolute atomic E-state index is 10.7. The van der Waals surface area contributed by atoms with Crippen molar-refractivity contribution in [2.75, 3.05) is 7.11 Å². The van der Waals surface area contributed by atoms with Crippen molar-refractivity contribution in [1.82, 2.24) is 0 Å². The molecule has 1 aliphatic carbocycles. The molecule has 0 aliphatic heterocycles. The van der Waals surface area contributed by atoms with Crippen molar-refractivity contribution >= 4 is 5.97 Å². The van der Waals surface area contributed by atoms with Crippen LogP contribution in [0.15, 0.2) is 24.3 Å². The van der Waals surface area contributed by atoms with Crippen molar-refractivity contribution in [3.05, 3.63) is 24.3 Å². The Labute approximate surface area is 90.4 Å². The number of methoxy groups -OCH3 is 1. The summed E-state index contributed by atoms with van der Waals surface area (Å²) in [7, 11) is 1.34. The van der Waals surface area contributed by atoms with Crippen molar-refractivity contribution in [3.63, 3.8) is 0 Å². The van der Waals surface area contributed by atoms with Crippen LogP contribution >= 0.6 is 0 Å². The lowest BCUT2D eigenvalue weighted by molar-refractivity contribution is -0.134. The standard InChI is InChI=1S/C12H18O3/c1-15-11(13)7-3-6-10-12(14)8-4-2-5-9-12/h3,6-7,10,14H,2,4-5,8-9H2,1H3. The van der Waals surface area contributed by atoms with Crippen molar-refractivity contribution < 1.29 is 14.6 Å². The molecule has 1 aliphatic rings. The number of carbonyl (C=O) groups is 1. The van der Waals surface area contributed by atoms with Crippen LogP contribution in [0.2, 0.25) is 0 Å². The molecule has 1 N–H and O–H groups in total. The molecule has 3 nitrogen and oxygen atoms in total. The van der Waals surface area contributed by atoms with Gasteiger partial charge in [0.05, 0.1) is 12.7 Å². The minimum atomic E-state index is -0.668. The van der Waals surface area contributed by atoms with Crippen molar-refractivity contribution in [1.29, 1.82) is 0 Å². The van der Waals surface area contributed by atoms with Gasteiger partial charge in [0.2, 0.25) is 0 Å². The number of carbonyl (C=O) groups excluding carboxylic acids is 1. The number of rotatable bonds is 3. The van der Waals surface area contributed by atoms with E-state index < -0.39 is 5.60 Å². The van der Waals surface area contributed by atoms with E-state index in [1.165, 1.54) is 19.6 Å². The zero-order valence-electron chi connectivity index (χ0n) is 9.11. The van der Waals surface area contributed by atoms with Crippen LogP contribution in [0.5, 0.6) is 0 Å². The molecule has 0 heterocycles. The van der Waals surface area contributed by atoms with Crippen LogP contribution in [0.3, 0.4) is 0 Å². The van der Waals surface area contributed by atoms with Gasteiger partial charge in [-0.25, -0.2) is 4.79 Å². The average Bonchev–Trinajstić information content (AvgIpc) is 2.25. The first-order valence-corrected chi connectivity index (χ1v) is 5.32. The van der Waals surface area contributed by atoms with Gasteiger partial charge < -0.3 is 9.84 Å². The predicted molar refractivity (Wildman–Crippen MR) is 58.3 cm³/mol. The van der Waals surface area contributed by atoms with E-state index in [2.05, 4.69) is 4.74 Å².